The lowest BCUT2D eigenvalue weighted by Crippen LogP contribution is -2.09. The molecule has 3 aromatic carbocycles. The largest absolute Gasteiger partial charge is 0.508 e. The maximum absolute atomic E-state index is 9.70. The molecule has 0 radical (unpaired) electrons. The summed E-state index contributed by atoms with van der Waals surface area (Å²) in [5, 5.41) is 46.9. The van der Waals surface area contributed by atoms with E-state index in [1.54, 1.807) is 42.5 Å². The Bertz CT molecular complexity index is 1500. The van der Waals surface area contributed by atoms with Crippen molar-refractivity contribution in [3.63, 3.8) is 0 Å². The third-order valence-corrected chi connectivity index (χ3v) is 6.33. The molecule has 4 rings (SSSR count). The highest BCUT2D eigenvalue weighted by Crippen LogP contribution is 2.36. The van der Waals surface area contributed by atoms with Gasteiger partial charge in [0.25, 0.3) is 0 Å². The second-order valence-corrected chi connectivity index (χ2v) is 8.70. The van der Waals surface area contributed by atoms with E-state index in [2.05, 4.69) is 0 Å². The Kier molecular flexibility index (Phi) is 7.13. The molecule has 0 saturated heterocycles. The fraction of sp³-hybridized carbons (Fsp3) is 0. The number of anilines is 3. The molecule has 7 heteroatoms. The van der Waals surface area contributed by atoms with E-state index < -0.39 is 0 Å². The summed E-state index contributed by atoms with van der Waals surface area (Å²) in [7, 11) is 0. The summed E-state index contributed by atoms with van der Waals surface area (Å²) in [5.74, 6) is 0.353. The maximum Gasteiger partial charge on any atom is 0.148 e. The molecule has 1 heterocycles. The van der Waals surface area contributed by atoms with Crippen molar-refractivity contribution in [3.8, 4) is 29.7 Å². The first-order valence-corrected chi connectivity index (χ1v) is 11.5. The number of aromatic hydroxyl groups is 2. The molecule has 2 N–H and O–H groups in total. The molecule has 0 unspecified atom stereocenters. The van der Waals surface area contributed by atoms with Crippen LogP contribution in [0.3, 0.4) is 0 Å². The molecule has 36 heavy (non-hydrogen) atoms. The summed E-state index contributed by atoms with van der Waals surface area (Å²) >= 11 is 1.33. The minimum Gasteiger partial charge on any atom is -0.508 e. The molecule has 0 aliphatic heterocycles. The van der Waals surface area contributed by atoms with Crippen LogP contribution in [0.1, 0.15) is 15.3 Å². The molecule has 0 atom stereocenters. The molecule has 4 aromatic rings. The second kappa shape index (κ2) is 10.8. The van der Waals surface area contributed by atoms with Crippen LogP contribution in [-0.4, -0.2) is 10.2 Å². The van der Waals surface area contributed by atoms with E-state index in [1.165, 1.54) is 11.3 Å². The van der Waals surface area contributed by atoms with Crippen LogP contribution in [0.15, 0.2) is 90.5 Å². The summed E-state index contributed by atoms with van der Waals surface area (Å²) in [6, 6.07) is 30.7. The van der Waals surface area contributed by atoms with Crippen molar-refractivity contribution in [1.82, 2.24) is 0 Å². The smallest absolute Gasteiger partial charge is 0.148 e. The molecule has 6 nitrogen and oxygen atoms in total. The molecule has 172 valence electrons. The molecule has 0 fully saturated rings. The number of benzene rings is 3. The van der Waals surface area contributed by atoms with E-state index >= 15 is 0 Å². The van der Waals surface area contributed by atoms with Crippen molar-refractivity contribution < 1.29 is 10.2 Å². The zero-order chi connectivity index (χ0) is 25.5. The van der Waals surface area contributed by atoms with Crippen molar-refractivity contribution >= 4 is 46.1 Å². The van der Waals surface area contributed by atoms with Gasteiger partial charge < -0.3 is 15.1 Å². The van der Waals surface area contributed by atoms with E-state index in [0.717, 1.165) is 27.5 Å². The lowest BCUT2D eigenvalue weighted by molar-refractivity contribution is 0.475. The summed E-state index contributed by atoms with van der Waals surface area (Å²) < 4.78 is 0. The molecule has 0 bridgehead atoms. The van der Waals surface area contributed by atoms with Crippen molar-refractivity contribution in [2.75, 3.05) is 4.90 Å². The Balaban J connectivity index is 1.60. The summed E-state index contributed by atoms with van der Waals surface area (Å²) in [4.78, 5) is 3.46. The molecule has 0 aliphatic carbocycles. The van der Waals surface area contributed by atoms with Gasteiger partial charge in [-0.1, -0.05) is 18.2 Å². The van der Waals surface area contributed by atoms with Gasteiger partial charge in [0.1, 0.15) is 35.3 Å². The van der Waals surface area contributed by atoms with Crippen LogP contribution in [0.5, 0.6) is 11.5 Å². The highest BCUT2D eigenvalue weighted by Gasteiger charge is 2.13. The summed E-state index contributed by atoms with van der Waals surface area (Å²) in [5.41, 5.74) is 3.43. The van der Waals surface area contributed by atoms with Crippen LogP contribution in [0.4, 0.5) is 17.1 Å². The normalized spacial score (nSPS) is 10.2. The van der Waals surface area contributed by atoms with Crippen molar-refractivity contribution in [1.29, 1.82) is 15.8 Å². The van der Waals surface area contributed by atoms with E-state index in [9.17, 15) is 15.5 Å². The standard InChI is InChI=1S/C29H18N4O2S/c30-17-21(18-31)28(19-32)29-16-15-27(36-29)14-3-20-1-4-22(5-2-20)33(23-6-10-25(34)11-7-23)24-8-12-26(35)13-9-24/h1-16,34-35H. The minimum atomic E-state index is -0.197. The summed E-state index contributed by atoms with van der Waals surface area (Å²) in [6.07, 6.45) is 3.85. The van der Waals surface area contributed by atoms with Gasteiger partial charge in [-0.25, -0.2) is 0 Å². The van der Waals surface area contributed by atoms with Crippen LogP contribution in [0.25, 0.3) is 17.7 Å². The van der Waals surface area contributed by atoms with Crippen LogP contribution in [-0.2, 0) is 0 Å². The SMILES string of the molecule is N#CC(C#N)=C(C#N)c1ccc(C=Cc2ccc(N(c3ccc(O)cc3)c3ccc(O)cc3)cc2)s1. The van der Waals surface area contributed by atoms with Crippen molar-refractivity contribution in [3.05, 3.63) is 106 Å². The van der Waals surface area contributed by atoms with Gasteiger partial charge in [-0.15, -0.1) is 11.3 Å². The van der Waals surface area contributed by atoms with Gasteiger partial charge in [-0.2, -0.15) is 15.8 Å². The fourth-order valence-electron chi connectivity index (χ4n) is 3.51. The first-order valence-electron chi connectivity index (χ1n) is 10.7. The number of allylic oxidation sites excluding steroid dienone is 2. The number of phenolic OH excluding ortho intramolecular Hbond substituents is 2. The van der Waals surface area contributed by atoms with Gasteiger partial charge in [0.2, 0.25) is 0 Å². The Labute approximate surface area is 212 Å². The molecule has 1 aromatic heterocycles. The number of rotatable bonds is 6. The Morgan fingerprint density at radius 3 is 1.61 bits per heavy atom. The number of thiophene rings is 1. The Morgan fingerprint density at radius 1 is 0.639 bits per heavy atom. The predicted octanol–water partition coefficient (Wildman–Crippen LogP) is 7.12. The highest BCUT2D eigenvalue weighted by atomic mass is 32.1. The van der Waals surface area contributed by atoms with Crippen molar-refractivity contribution in [2.24, 2.45) is 0 Å². The Morgan fingerprint density at radius 2 is 1.14 bits per heavy atom. The van der Waals surface area contributed by atoms with E-state index in [0.29, 0.717) is 4.88 Å². The van der Waals surface area contributed by atoms with E-state index in [-0.39, 0.29) is 22.6 Å². The quantitative estimate of drug-likeness (QED) is 0.280. The second-order valence-electron chi connectivity index (χ2n) is 7.58. The predicted molar refractivity (Wildman–Crippen MR) is 141 cm³/mol. The number of phenols is 2. The average Bonchev–Trinajstić information content (AvgIpc) is 3.37. The van der Waals surface area contributed by atoms with Crippen molar-refractivity contribution in [2.45, 2.75) is 0 Å². The lowest BCUT2D eigenvalue weighted by atomic mass is 10.1. The molecular formula is C29H18N4O2S. The minimum absolute atomic E-state index is 0.0811. The zero-order valence-electron chi connectivity index (χ0n) is 18.8. The van der Waals surface area contributed by atoms with Gasteiger partial charge in [0.15, 0.2) is 0 Å². The van der Waals surface area contributed by atoms with Gasteiger partial charge in [0, 0.05) is 26.8 Å². The van der Waals surface area contributed by atoms with Gasteiger partial charge in [0.05, 0.1) is 5.57 Å². The fourth-order valence-corrected chi connectivity index (χ4v) is 4.42. The van der Waals surface area contributed by atoms with Gasteiger partial charge >= 0.3 is 0 Å². The molecule has 0 aliphatic rings. The molecular weight excluding hydrogens is 468 g/mol. The number of nitriles is 3. The molecule has 0 amide bonds. The van der Waals surface area contributed by atoms with E-state index in [1.807, 2.05) is 77.7 Å². The average molecular weight is 487 g/mol. The number of nitrogens with zero attached hydrogens (tertiary/aromatic N) is 4. The topological polar surface area (TPSA) is 115 Å². The first kappa shape index (κ1) is 23.9. The number of hydrogen-bond donors (Lipinski definition) is 2. The summed E-state index contributed by atoms with van der Waals surface area (Å²) in [6.45, 7) is 0. The first-order chi connectivity index (χ1) is 17.5. The van der Waals surface area contributed by atoms with Crippen LogP contribution < -0.4 is 4.90 Å². The lowest BCUT2D eigenvalue weighted by Gasteiger charge is -2.25. The zero-order valence-corrected chi connectivity index (χ0v) is 19.6. The van der Waals surface area contributed by atoms with Gasteiger partial charge in [-0.3, -0.25) is 0 Å². The van der Waals surface area contributed by atoms with Crippen LogP contribution in [0.2, 0.25) is 0 Å². The maximum atomic E-state index is 9.70. The number of hydrogen-bond acceptors (Lipinski definition) is 7. The van der Waals surface area contributed by atoms with Crippen LogP contribution in [0, 0.1) is 34.0 Å². The molecule has 0 saturated carbocycles. The highest BCUT2D eigenvalue weighted by molar-refractivity contribution is 7.14. The molecule has 0 spiro atoms. The van der Waals surface area contributed by atoms with E-state index in [4.69, 9.17) is 10.5 Å². The Hall–Kier alpha value is -5.29. The monoisotopic (exact) mass is 486 g/mol. The third kappa shape index (κ3) is 5.26. The third-order valence-electron chi connectivity index (χ3n) is 5.27. The van der Waals surface area contributed by atoms with Crippen LogP contribution >= 0.6 is 11.3 Å². The van der Waals surface area contributed by atoms with Gasteiger partial charge in [-0.05, 0) is 84.4 Å².